The summed E-state index contributed by atoms with van der Waals surface area (Å²) in [6, 6.07) is 6.61. The highest BCUT2D eigenvalue weighted by molar-refractivity contribution is 5.79. The lowest BCUT2D eigenvalue weighted by atomic mass is 10.1. The topological polar surface area (TPSA) is 67.1 Å². The van der Waals surface area contributed by atoms with Gasteiger partial charge in [0.15, 0.2) is 11.8 Å². The summed E-state index contributed by atoms with van der Waals surface area (Å²) in [5, 5.41) is 14.3. The van der Waals surface area contributed by atoms with Crippen LogP contribution in [0.4, 0.5) is 4.39 Å². The van der Waals surface area contributed by atoms with Crippen molar-refractivity contribution in [2.24, 2.45) is 4.99 Å². The molecule has 0 aliphatic carbocycles. The second kappa shape index (κ2) is 8.11. The van der Waals surface area contributed by atoms with Gasteiger partial charge in [-0.05, 0) is 31.0 Å². The first-order valence-corrected chi connectivity index (χ1v) is 7.28. The van der Waals surface area contributed by atoms with E-state index in [2.05, 4.69) is 25.8 Å². The van der Waals surface area contributed by atoms with Crippen LogP contribution < -0.4 is 10.6 Å². The Labute approximate surface area is 129 Å². The molecule has 0 unspecified atom stereocenters. The Morgan fingerprint density at radius 3 is 2.95 bits per heavy atom. The molecule has 22 heavy (non-hydrogen) atoms. The van der Waals surface area contributed by atoms with Crippen molar-refractivity contribution in [2.75, 3.05) is 13.6 Å². The third-order valence-corrected chi connectivity index (χ3v) is 3.27. The van der Waals surface area contributed by atoms with Gasteiger partial charge in [0.05, 0.1) is 6.54 Å². The molecule has 0 bridgehead atoms. The van der Waals surface area contributed by atoms with Crippen LogP contribution in [0.15, 0.2) is 35.6 Å². The Bertz CT molecular complexity index is 622. The number of nitrogens with one attached hydrogen (secondary N) is 2. The minimum Gasteiger partial charge on any atom is -0.356 e. The molecule has 6 nitrogen and oxygen atoms in total. The molecule has 0 aliphatic rings. The third kappa shape index (κ3) is 4.54. The highest BCUT2D eigenvalue weighted by Gasteiger charge is 2.04. The quantitative estimate of drug-likeness (QED) is 0.624. The second-order valence-corrected chi connectivity index (χ2v) is 4.77. The van der Waals surface area contributed by atoms with E-state index in [9.17, 15) is 4.39 Å². The standard InChI is InChI=1S/C15H21FN6/c1-3-22-11-20-21-14(22)10-19-15(17-2)18-8-7-12-5-4-6-13(16)9-12/h4-6,9,11H,3,7-8,10H2,1-2H3,(H2,17,18,19). The van der Waals surface area contributed by atoms with Gasteiger partial charge >= 0.3 is 0 Å². The predicted octanol–water partition coefficient (Wildman–Crippen LogP) is 1.34. The molecule has 118 valence electrons. The zero-order valence-electron chi connectivity index (χ0n) is 12.9. The minimum atomic E-state index is -0.209. The van der Waals surface area contributed by atoms with Gasteiger partial charge < -0.3 is 15.2 Å². The van der Waals surface area contributed by atoms with E-state index >= 15 is 0 Å². The summed E-state index contributed by atoms with van der Waals surface area (Å²) in [4.78, 5) is 4.15. The number of hydrogen-bond acceptors (Lipinski definition) is 3. The Hall–Kier alpha value is -2.44. The van der Waals surface area contributed by atoms with Crippen molar-refractivity contribution in [3.8, 4) is 0 Å². The van der Waals surface area contributed by atoms with Crippen molar-refractivity contribution in [2.45, 2.75) is 26.4 Å². The molecule has 2 aromatic rings. The summed E-state index contributed by atoms with van der Waals surface area (Å²) in [6.45, 7) is 4.09. The van der Waals surface area contributed by atoms with Crippen LogP contribution in [0.25, 0.3) is 0 Å². The van der Waals surface area contributed by atoms with Gasteiger partial charge in [0, 0.05) is 20.1 Å². The maximum absolute atomic E-state index is 13.1. The Morgan fingerprint density at radius 1 is 1.36 bits per heavy atom. The molecular formula is C15H21FN6. The number of hydrogen-bond donors (Lipinski definition) is 2. The molecule has 0 atom stereocenters. The first kappa shape index (κ1) is 15.9. The molecule has 0 fully saturated rings. The van der Waals surface area contributed by atoms with Crippen LogP contribution in [0.1, 0.15) is 18.3 Å². The number of aliphatic imine (C=N–C) groups is 1. The summed E-state index contributed by atoms with van der Waals surface area (Å²) >= 11 is 0. The molecular weight excluding hydrogens is 283 g/mol. The van der Waals surface area contributed by atoms with E-state index in [1.165, 1.54) is 6.07 Å². The molecule has 0 saturated heterocycles. The minimum absolute atomic E-state index is 0.209. The number of nitrogens with zero attached hydrogens (tertiary/aromatic N) is 4. The zero-order valence-corrected chi connectivity index (χ0v) is 12.9. The number of benzene rings is 1. The number of aromatic nitrogens is 3. The van der Waals surface area contributed by atoms with Crippen LogP contribution in [0.2, 0.25) is 0 Å². The molecule has 0 amide bonds. The molecule has 2 rings (SSSR count). The van der Waals surface area contributed by atoms with Crippen LogP contribution >= 0.6 is 0 Å². The van der Waals surface area contributed by atoms with Crippen molar-refractivity contribution in [1.29, 1.82) is 0 Å². The molecule has 1 aromatic carbocycles. The van der Waals surface area contributed by atoms with Gasteiger partial charge in [-0.15, -0.1) is 10.2 Å². The normalized spacial score (nSPS) is 11.5. The largest absolute Gasteiger partial charge is 0.356 e. The fourth-order valence-corrected chi connectivity index (χ4v) is 2.08. The molecule has 0 spiro atoms. The molecule has 1 heterocycles. The van der Waals surface area contributed by atoms with E-state index in [1.807, 2.05) is 17.6 Å². The smallest absolute Gasteiger partial charge is 0.191 e. The summed E-state index contributed by atoms with van der Waals surface area (Å²) < 4.78 is 15.1. The number of halogens is 1. The van der Waals surface area contributed by atoms with Crippen molar-refractivity contribution in [3.05, 3.63) is 47.8 Å². The van der Waals surface area contributed by atoms with Crippen molar-refractivity contribution in [3.63, 3.8) is 0 Å². The van der Waals surface area contributed by atoms with Crippen molar-refractivity contribution >= 4 is 5.96 Å². The summed E-state index contributed by atoms with van der Waals surface area (Å²) in [6.07, 6.45) is 2.43. The van der Waals surface area contributed by atoms with E-state index in [4.69, 9.17) is 0 Å². The van der Waals surface area contributed by atoms with Gasteiger partial charge in [-0.3, -0.25) is 4.99 Å². The highest BCUT2D eigenvalue weighted by atomic mass is 19.1. The SMILES string of the molecule is CCn1cnnc1CNC(=NC)NCCc1cccc(F)c1. The zero-order chi connectivity index (χ0) is 15.8. The van der Waals surface area contributed by atoms with E-state index in [0.717, 1.165) is 24.4 Å². The Morgan fingerprint density at radius 2 is 2.23 bits per heavy atom. The fourth-order valence-electron chi connectivity index (χ4n) is 2.08. The predicted molar refractivity (Wildman–Crippen MR) is 84.0 cm³/mol. The van der Waals surface area contributed by atoms with Crippen LogP contribution in [-0.4, -0.2) is 34.3 Å². The first-order valence-electron chi connectivity index (χ1n) is 7.28. The van der Waals surface area contributed by atoms with E-state index in [-0.39, 0.29) is 5.82 Å². The van der Waals surface area contributed by atoms with Crippen LogP contribution in [-0.2, 0) is 19.5 Å². The number of guanidine groups is 1. The molecule has 7 heteroatoms. The maximum Gasteiger partial charge on any atom is 0.191 e. The van der Waals surface area contributed by atoms with Gasteiger partial charge in [-0.2, -0.15) is 0 Å². The lowest BCUT2D eigenvalue weighted by Gasteiger charge is -2.12. The number of aryl methyl sites for hydroxylation is 1. The van der Waals surface area contributed by atoms with Gasteiger partial charge in [-0.25, -0.2) is 4.39 Å². The number of rotatable bonds is 6. The second-order valence-electron chi connectivity index (χ2n) is 4.77. The average molecular weight is 304 g/mol. The van der Waals surface area contributed by atoms with Gasteiger partial charge in [0.1, 0.15) is 12.1 Å². The molecule has 2 N–H and O–H groups in total. The Balaban J connectivity index is 1.78. The Kier molecular flexibility index (Phi) is 5.88. The lowest BCUT2D eigenvalue weighted by molar-refractivity contribution is 0.624. The molecule has 0 saturated carbocycles. The molecule has 1 aromatic heterocycles. The highest BCUT2D eigenvalue weighted by Crippen LogP contribution is 2.03. The van der Waals surface area contributed by atoms with Crippen LogP contribution in [0.5, 0.6) is 0 Å². The van der Waals surface area contributed by atoms with Gasteiger partial charge in [-0.1, -0.05) is 12.1 Å². The monoisotopic (exact) mass is 304 g/mol. The summed E-state index contributed by atoms with van der Waals surface area (Å²) in [5.41, 5.74) is 0.952. The molecule has 0 radical (unpaired) electrons. The maximum atomic E-state index is 13.1. The first-order chi connectivity index (χ1) is 10.7. The van der Waals surface area contributed by atoms with Gasteiger partial charge in [0.25, 0.3) is 0 Å². The average Bonchev–Trinajstić information content (AvgIpc) is 2.98. The molecule has 0 aliphatic heterocycles. The summed E-state index contributed by atoms with van der Waals surface area (Å²) in [7, 11) is 1.71. The van der Waals surface area contributed by atoms with E-state index in [1.54, 1.807) is 25.5 Å². The van der Waals surface area contributed by atoms with Crippen LogP contribution in [0, 0.1) is 5.82 Å². The lowest BCUT2D eigenvalue weighted by Crippen LogP contribution is -2.38. The van der Waals surface area contributed by atoms with Crippen LogP contribution in [0.3, 0.4) is 0 Å². The van der Waals surface area contributed by atoms with E-state index < -0.39 is 0 Å². The fraction of sp³-hybridized carbons (Fsp3) is 0.400. The summed E-state index contributed by atoms with van der Waals surface area (Å²) in [5.74, 6) is 1.33. The van der Waals surface area contributed by atoms with Crippen molar-refractivity contribution in [1.82, 2.24) is 25.4 Å². The van der Waals surface area contributed by atoms with E-state index in [0.29, 0.717) is 19.0 Å². The van der Waals surface area contributed by atoms with Crippen molar-refractivity contribution < 1.29 is 4.39 Å². The third-order valence-electron chi connectivity index (χ3n) is 3.27. The van der Waals surface area contributed by atoms with Gasteiger partial charge in [0.2, 0.25) is 0 Å².